The molecule has 0 radical (unpaired) electrons. The summed E-state index contributed by atoms with van der Waals surface area (Å²) < 4.78 is 0. The lowest BCUT2D eigenvalue weighted by molar-refractivity contribution is -0.0464. The van der Waals surface area contributed by atoms with Gasteiger partial charge in [0.2, 0.25) is 0 Å². The number of aliphatic hydroxyl groups excluding tert-OH is 1. The van der Waals surface area contributed by atoms with E-state index in [4.69, 9.17) is 0 Å². The third-order valence-electron chi connectivity index (χ3n) is 7.57. The first kappa shape index (κ1) is 21.3. The summed E-state index contributed by atoms with van der Waals surface area (Å²) >= 11 is 1.73. The molecule has 1 atom stereocenters. The number of piperidine rings is 1. The Bertz CT molecular complexity index is 697. The molecule has 1 saturated heterocycles. The van der Waals surface area contributed by atoms with Crippen molar-refractivity contribution in [1.82, 2.24) is 10.2 Å². The second kappa shape index (κ2) is 8.68. The molecule has 2 fully saturated rings. The maximum atomic E-state index is 12.9. The van der Waals surface area contributed by atoms with Crippen LogP contribution >= 0.6 is 11.3 Å². The first-order chi connectivity index (χ1) is 13.9. The van der Waals surface area contributed by atoms with Crippen molar-refractivity contribution in [3.05, 3.63) is 21.4 Å². The third kappa shape index (κ3) is 4.88. The van der Waals surface area contributed by atoms with Gasteiger partial charge in [0.25, 0.3) is 5.91 Å². The minimum Gasteiger partial charge on any atom is -0.392 e. The van der Waals surface area contributed by atoms with Crippen molar-refractivity contribution in [3.63, 3.8) is 0 Å². The monoisotopic (exact) mass is 418 g/mol. The molecule has 1 aliphatic heterocycles. The van der Waals surface area contributed by atoms with E-state index >= 15 is 0 Å². The van der Waals surface area contributed by atoms with E-state index in [1.54, 1.807) is 11.3 Å². The molecule has 0 spiro atoms. The molecule has 162 valence electrons. The largest absolute Gasteiger partial charge is 0.392 e. The molecule has 4 nitrogen and oxygen atoms in total. The molecule has 0 bridgehead atoms. The zero-order chi connectivity index (χ0) is 20.5. The van der Waals surface area contributed by atoms with Gasteiger partial charge in [-0.1, -0.05) is 33.1 Å². The number of hydrogen-bond donors (Lipinski definition) is 2. The number of carbonyl (C=O) groups is 1. The van der Waals surface area contributed by atoms with Gasteiger partial charge in [-0.2, -0.15) is 0 Å². The summed E-state index contributed by atoms with van der Waals surface area (Å²) in [6, 6.07) is 2.17. The number of nitrogens with one attached hydrogen (secondary N) is 1. The standard InChI is InChI=1S/C24H38N2O2S/c1-23(2)16-26(13-10-21(23)27)17-24(11-7-12-24)15-25-22(28)20-14-18-8-5-3-4-6-9-19(18)29-20/h14,21,27H,3-13,15-17H2,1-2H3,(H,25,28). The summed E-state index contributed by atoms with van der Waals surface area (Å²) in [6.07, 6.45) is 11.8. The number of aliphatic hydroxyl groups is 1. The number of likely N-dealkylation sites (tertiary alicyclic amines) is 1. The van der Waals surface area contributed by atoms with Gasteiger partial charge in [0.05, 0.1) is 11.0 Å². The second-order valence-electron chi connectivity index (χ2n) is 10.5. The maximum absolute atomic E-state index is 12.9. The topological polar surface area (TPSA) is 52.6 Å². The summed E-state index contributed by atoms with van der Waals surface area (Å²) in [5.74, 6) is 0.127. The molecule has 0 aromatic carbocycles. The van der Waals surface area contributed by atoms with Crippen LogP contribution in [0.3, 0.4) is 0 Å². The Balaban J connectivity index is 1.35. The van der Waals surface area contributed by atoms with Gasteiger partial charge in [-0.05, 0) is 56.6 Å². The summed E-state index contributed by atoms with van der Waals surface area (Å²) in [5, 5.41) is 13.5. The zero-order valence-electron chi connectivity index (χ0n) is 18.3. The van der Waals surface area contributed by atoms with Crippen LogP contribution in [0.25, 0.3) is 0 Å². The van der Waals surface area contributed by atoms with E-state index in [0.717, 1.165) is 50.3 Å². The van der Waals surface area contributed by atoms with Crippen LogP contribution in [0.5, 0.6) is 0 Å². The van der Waals surface area contributed by atoms with Crippen LogP contribution in [0.1, 0.15) is 85.3 Å². The Morgan fingerprint density at radius 1 is 1.21 bits per heavy atom. The Hall–Kier alpha value is -0.910. The van der Waals surface area contributed by atoms with Crippen LogP contribution in [0, 0.1) is 10.8 Å². The number of carbonyl (C=O) groups excluding carboxylic acids is 1. The summed E-state index contributed by atoms with van der Waals surface area (Å²) in [7, 11) is 0. The summed E-state index contributed by atoms with van der Waals surface area (Å²) in [5.41, 5.74) is 1.60. The van der Waals surface area contributed by atoms with Gasteiger partial charge in [-0.25, -0.2) is 0 Å². The van der Waals surface area contributed by atoms with Gasteiger partial charge in [-0.15, -0.1) is 11.3 Å². The molecule has 1 aromatic heterocycles. The molecule has 5 heteroatoms. The van der Waals surface area contributed by atoms with Crippen LogP contribution in [-0.2, 0) is 12.8 Å². The van der Waals surface area contributed by atoms with Crippen molar-refractivity contribution in [2.45, 2.75) is 84.2 Å². The van der Waals surface area contributed by atoms with E-state index in [1.807, 2.05) is 0 Å². The first-order valence-corrected chi connectivity index (χ1v) is 12.5. The number of aryl methyl sites for hydroxylation is 2. The van der Waals surface area contributed by atoms with Crippen LogP contribution < -0.4 is 5.32 Å². The minimum atomic E-state index is -0.200. The highest BCUT2D eigenvalue weighted by molar-refractivity contribution is 7.14. The Morgan fingerprint density at radius 3 is 2.66 bits per heavy atom. The zero-order valence-corrected chi connectivity index (χ0v) is 19.1. The predicted molar refractivity (Wildman–Crippen MR) is 120 cm³/mol. The van der Waals surface area contributed by atoms with Crippen molar-refractivity contribution < 1.29 is 9.90 Å². The van der Waals surface area contributed by atoms with Crippen LogP contribution in [0.4, 0.5) is 0 Å². The van der Waals surface area contributed by atoms with Crippen molar-refractivity contribution in [2.24, 2.45) is 10.8 Å². The Morgan fingerprint density at radius 2 is 1.97 bits per heavy atom. The van der Waals surface area contributed by atoms with Crippen LogP contribution in [0.2, 0.25) is 0 Å². The van der Waals surface area contributed by atoms with E-state index in [2.05, 4.69) is 30.1 Å². The second-order valence-corrected chi connectivity index (χ2v) is 11.6. The third-order valence-corrected chi connectivity index (χ3v) is 8.81. The van der Waals surface area contributed by atoms with Gasteiger partial charge in [0, 0.05) is 41.9 Å². The summed E-state index contributed by atoms with van der Waals surface area (Å²) in [6.45, 7) is 8.09. The average Bonchev–Trinajstić information content (AvgIpc) is 3.02. The lowest BCUT2D eigenvalue weighted by Crippen LogP contribution is -2.55. The molecular weight excluding hydrogens is 380 g/mol. The fraction of sp³-hybridized carbons (Fsp3) is 0.792. The predicted octanol–water partition coefficient (Wildman–Crippen LogP) is 4.40. The van der Waals surface area contributed by atoms with Crippen molar-refractivity contribution in [1.29, 1.82) is 0 Å². The van der Waals surface area contributed by atoms with Crippen LogP contribution in [-0.4, -0.2) is 48.2 Å². The van der Waals surface area contributed by atoms with Crippen molar-refractivity contribution in [2.75, 3.05) is 26.2 Å². The molecule has 1 amide bonds. The highest BCUT2D eigenvalue weighted by atomic mass is 32.1. The van der Waals surface area contributed by atoms with E-state index in [1.165, 1.54) is 55.4 Å². The minimum absolute atomic E-state index is 0.0418. The van der Waals surface area contributed by atoms with Crippen molar-refractivity contribution >= 4 is 17.2 Å². The van der Waals surface area contributed by atoms with Gasteiger partial charge >= 0.3 is 0 Å². The number of rotatable bonds is 5. The number of fused-ring (bicyclic) bond motifs is 1. The smallest absolute Gasteiger partial charge is 0.261 e. The van der Waals surface area contributed by atoms with Gasteiger partial charge in [-0.3, -0.25) is 4.79 Å². The average molecular weight is 419 g/mol. The quantitative estimate of drug-likeness (QED) is 0.745. The molecule has 29 heavy (non-hydrogen) atoms. The van der Waals surface area contributed by atoms with E-state index in [0.29, 0.717) is 0 Å². The van der Waals surface area contributed by atoms with E-state index in [-0.39, 0.29) is 22.8 Å². The number of hydrogen-bond acceptors (Lipinski definition) is 4. The number of amides is 1. The van der Waals surface area contributed by atoms with Gasteiger partial charge in [0.1, 0.15) is 0 Å². The first-order valence-electron chi connectivity index (χ1n) is 11.7. The molecule has 1 aromatic rings. The molecule has 3 aliphatic rings. The molecule has 1 saturated carbocycles. The van der Waals surface area contributed by atoms with E-state index in [9.17, 15) is 9.90 Å². The molecule has 2 heterocycles. The fourth-order valence-corrected chi connectivity index (χ4v) is 6.61. The van der Waals surface area contributed by atoms with Gasteiger partial charge < -0.3 is 15.3 Å². The lowest BCUT2D eigenvalue weighted by Gasteiger charge is -2.49. The normalized spacial score (nSPS) is 26.7. The SMILES string of the molecule is CC1(C)CN(CC2(CNC(=O)c3cc4c(s3)CCCCCC4)CCC2)CCC1O. The van der Waals surface area contributed by atoms with Crippen molar-refractivity contribution in [3.8, 4) is 0 Å². The molecule has 2 N–H and O–H groups in total. The van der Waals surface area contributed by atoms with Gasteiger partial charge in [0.15, 0.2) is 0 Å². The highest BCUT2D eigenvalue weighted by Gasteiger charge is 2.42. The number of nitrogens with zero attached hydrogens (tertiary/aromatic N) is 1. The fourth-order valence-electron chi connectivity index (χ4n) is 5.44. The Labute approximate surface area is 180 Å². The molecular formula is C24H38N2O2S. The number of thiophene rings is 1. The lowest BCUT2D eigenvalue weighted by atomic mass is 9.67. The molecule has 4 rings (SSSR count). The Kier molecular flexibility index (Phi) is 6.38. The highest BCUT2D eigenvalue weighted by Crippen LogP contribution is 2.42. The maximum Gasteiger partial charge on any atom is 0.261 e. The molecule has 1 unspecified atom stereocenters. The van der Waals surface area contributed by atoms with Crippen LogP contribution in [0.15, 0.2) is 6.07 Å². The summed E-state index contributed by atoms with van der Waals surface area (Å²) in [4.78, 5) is 17.8. The van der Waals surface area contributed by atoms with E-state index < -0.39 is 0 Å². The molecule has 2 aliphatic carbocycles.